The second-order valence-corrected chi connectivity index (χ2v) is 7.58. The number of amides is 1. The van der Waals surface area contributed by atoms with E-state index in [1.54, 1.807) is 18.5 Å². The maximum Gasteiger partial charge on any atom is 0.573 e. The number of aromatic nitrogens is 2. The number of carbonyl (C=O) groups is 1. The van der Waals surface area contributed by atoms with Gasteiger partial charge in [-0.25, -0.2) is 4.98 Å². The Morgan fingerprint density at radius 3 is 2.61 bits per heavy atom. The summed E-state index contributed by atoms with van der Waals surface area (Å²) in [7, 11) is 1.93. The minimum absolute atomic E-state index is 0.317. The number of nitrogens with one attached hydrogen (secondary N) is 2. The molecule has 172 valence electrons. The van der Waals surface area contributed by atoms with E-state index in [0.717, 1.165) is 48.6 Å². The first-order valence-electron chi connectivity index (χ1n) is 10.3. The molecule has 33 heavy (non-hydrogen) atoms. The van der Waals surface area contributed by atoms with Gasteiger partial charge in [0.05, 0.1) is 5.56 Å². The van der Waals surface area contributed by atoms with Crippen LogP contribution in [0.2, 0.25) is 0 Å². The number of carbonyl (C=O) groups excluding carboxylic acids is 1. The molecule has 1 amide bonds. The van der Waals surface area contributed by atoms with Gasteiger partial charge in [-0.05, 0) is 49.9 Å². The molecule has 1 aliphatic rings. The third-order valence-corrected chi connectivity index (χ3v) is 5.34. The van der Waals surface area contributed by atoms with Gasteiger partial charge < -0.3 is 20.3 Å². The predicted octanol–water partition coefficient (Wildman–Crippen LogP) is 4.09. The molecule has 0 unspecified atom stereocenters. The normalized spacial score (nSPS) is 16.0. The molecule has 1 aliphatic heterocycles. The number of benzene rings is 1. The number of anilines is 2. The first-order valence-corrected chi connectivity index (χ1v) is 10.3. The van der Waals surface area contributed by atoms with Crippen molar-refractivity contribution in [1.82, 2.24) is 15.3 Å². The molecule has 10 heteroatoms. The summed E-state index contributed by atoms with van der Waals surface area (Å²) < 4.78 is 40.8. The lowest BCUT2D eigenvalue weighted by Crippen LogP contribution is -2.30. The van der Waals surface area contributed by atoms with Crippen LogP contribution in [0.4, 0.5) is 24.7 Å². The van der Waals surface area contributed by atoms with Gasteiger partial charge in [-0.1, -0.05) is 6.07 Å². The Bertz CT molecular complexity index is 1110. The van der Waals surface area contributed by atoms with E-state index in [0.29, 0.717) is 17.3 Å². The van der Waals surface area contributed by atoms with Crippen LogP contribution in [0.3, 0.4) is 0 Å². The number of hydrogen-bond acceptors (Lipinski definition) is 6. The smallest absolute Gasteiger partial charge is 0.406 e. The summed E-state index contributed by atoms with van der Waals surface area (Å²) in [4.78, 5) is 23.8. The molecule has 0 saturated carbocycles. The van der Waals surface area contributed by atoms with Crippen molar-refractivity contribution >= 4 is 17.4 Å². The molecular formula is C23H22F3N5O2. The molecule has 1 atom stereocenters. The topological polar surface area (TPSA) is 79.4 Å². The van der Waals surface area contributed by atoms with Gasteiger partial charge >= 0.3 is 6.36 Å². The quantitative estimate of drug-likeness (QED) is 0.581. The summed E-state index contributed by atoms with van der Waals surface area (Å²) in [5.74, 6) is -0.0278. The number of halogens is 3. The minimum Gasteiger partial charge on any atom is -0.406 e. The molecule has 3 heterocycles. The first kappa shape index (κ1) is 22.5. The fourth-order valence-corrected chi connectivity index (χ4v) is 3.70. The van der Waals surface area contributed by atoms with Crippen LogP contribution >= 0.6 is 0 Å². The summed E-state index contributed by atoms with van der Waals surface area (Å²) in [6, 6.07) is 10.8. The van der Waals surface area contributed by atoms with Gasteiger partial charge in [0.25, 0.3) is 5.91 Å². The van der Waals surface area contributed by atoms with Crippen LogP contribution in [0.1, 0.15) is 16.8 Å². The van der Waals surface area contributed by atoms with Crippen molar-refractivity contribution in [2.75, 3.05) is 30.4 Å². The summed E-state index contributed by atoms with van der Waals surface area (Å²) in [6.45, 7) is 1.64. The molecule has 0 radical (unpaired) electrons. The Balaban J connectivity index is 1.57. The molecule has 0 spiro atoms. The fourth-order valence-electron chi connectivity index (χ4n) is 3.70. The van der Waals surface area contributed by atoms with Crippen molar-refractivity contribution in [2.24, 2.45) is 0 Å². The zero-order valence-electron chi connectivity index (χ0n) is 17.8. The van der Waals surface area contributed by atoms with Crippen LogP contribution in [0.25, 0.3) is 11.1 Å². The standard InChI is InChI=1S/C23H22F3N5O2/c1-27-18-8-10-31(14-18)21-20(15-3-2-9-28-12-15)11-16(13-29-21)22(32)30-17-4-6-19(7-5-17)33-23(24,25)26/h2-7,9,11-13,18,27H,8,10,14H2,1H3,(H,30,32)/t18-/m0/s1. The monoisotopic (exact) mass is 457 g/mol. The Morgan fingerprint density at radius 2 is 1.97 bits per heavy atom. The van der Waals surface area contributed by atoms with E-state index >= 15 is 0 Å². The molecule has 1 aromatic carbocycles. The number of nitrogens with zero attached hydrogens (tertiary/aromatic N) is 3. The highest BCUT2D eigenvalue weighted by molar-refractivity contribution is 6.05. The lowest BCUT2D eigenvalue weighted by molar-refractivity contribution is -0.274. The van der Waals surface area contributed by atoms with Gasteiger partial charge in [0, 0.05) is 54.5 Å². The maximum atomic E-state index is 12.8. The molecule has 1 fully saturated rings. The average Bonchev–Trinajstić information content (AvgIpc) is 3.29. The maximum absolute atomic E-state index is 12.8. The molecule has 3 aromatic rings. The SMILES string of the molecule is CN[C@H]1CCN(c2ncc(C(=O)Nc3ccc(OC(F)(F)F)cc3)cc2-c2cccnc2)C1. The van der Waals surface area contributed by atoms with E-state index in [9.17, 15) is 18.0 Å². The van der Waals surface area contributed by atoms with Crippen molar-refractivity contribution in [1.29, 1.82) is 0 Å². The molecule has 4 rings (SSSR count). The fraction of sp³-hybridized carbons (Fsp3) is 0.261. The van der Waals surface area contributed by atoms with Gasteiger partial charge in [-0.2, -0.15) is 0 Å². The number of ether oxygens (including phenoxy) is 1. The molecule has 2 N–H and O–H groups in total. The van der Waals surface area contributed by atoms with E-state index in [-0.39, 0.29) is 5.75 Å². The molecule has 2 aromatic heterocycles. The second kappa shape index (κ2) is 9.45. The highest BCUT2D eigenvalue weighted by Gasteiger charge is 2.31. The van der Waals surface area contributed by atoms with Gasteiger partial charge in [-0.15, -0.1) is 13.2 Å². The van der Waals surface area contributed by atoms with Gasteiger partial charge in [0.15, 0.2) is 0 Å². The van der Waals surface area contributed by atoms with Gasteiger partial charge in [-0.3, -0.25) is 9.78 Å². The number of likely N-dealkylation sites (N-methyl/N-ethyl adjacent to an activating group) is 1. The van der Waals surface area contributed by atoms with E-state index in [1.165, 1.54) is 18.3 Å². The van der Waals surface area contributed by atoms with Crippen molar-refractivity contribution in [3.63, 3.8) is 0 Å². The Morgan fingerprint density at radius 1 is 1.18 bits per heavy atom. The van der Waals surface area contributed by atoms with Crippen LogP contribution in [-0.4, -0.2) is 48.4 Å². The Hall–Kier alpha value is -3.66. The van der Waals surface area contributed by atoms with Crippen LogP contribution in [-0.2, 0) is 0 Å². The summed E-state index contributed by atoms with van der Waals surface area (Å²) in [5, 5.41) is 5.96. The zero-order chi connectivity index (χ0) is 23.4. The summed E-state index contributed by atoms with van der Waals surface area (Å²) in [6.07, 6.45) is 1.10. The highest BCUT2D eigenvalue weighted by atomic mass is 19.4. The lowest BCUT2D eigenvalue weighted by Gasteiger charge is -2.21. The lowest BCUT2D eigenvalue weighted by atomic mass is 10.1. The average molecular weight is 457 g/mol. The van der Waals surface area contributed by atoms with Crippen molar-refractivity contribution < 1.29 is 22.7 Å². The van der Waals surface area contributed by atoms with Crippen molar-refractivity contribution in [2.45, 2.75) is 18.8 Å². The number of rotatable bonds is 6. The van der Waals surface area contributed by atoms with Crippen molar-refractivity contribution in [3.8, 4) is 16.9 Å². The molecule has 0 bridgehead atoms. The summed E-state index contributed by atoms with van der Waals surface area (Å²) >= 11 is 0. The number of alkyl halides is 3. The van der Waals surface area contributed by atoms with Crippen LogP contribution in [0, 0.1) is 0 Å². The molecule has 0 aliphatic carbocycles. The van der Waals surface area contributed by atoms with E-state index in [4.69, 9.17) is 0 Å². The Kier molecular flexibility index (Phi) is 6.45. The second-order valence-electron chi connectivity index (χ2n) is 7.58. The van der Waals surface area contributed by atoms with Gasteiger partial charge in [0.2, 0.25) is 0 Å². The number of pyridine rings is 2. The largest absolute Gasteiger partial charge is 0.573 e. The van der Waals surface area contributed by atoms with Gasteiger partial charge in [0.1, 0.15) is 11.6 Å². The molecular weight excluding hydrogens is 435 g/mol. The third kappa shape index (κ3) is 5.58. The van der Waals surface area contributed by atoms with Crippen LogP contribution in [0.15, 0.2) is 61.1 Å². The van der Waals surface area contributed by atoms with E-state index in [1.807, 2.05) is 19.2 Å². The van der Waals surface area contributed by atoms with Crippen LogP contribution < -0.4 is 20.3 Å². The highest BCUT2D eigenvalue weighted by Crippen LogP contribution is 2.32. The predicted molar refractivity (Wildman–Crippen MR) is 118 cm³/mol. The molecule has 7 nitrogen and oxygen atoms in total. The summed E-state index contributed by atoms with van der Waals surface area (Å²) in [5.41, 5.74) is 2.26. The van der Waals surface area contributed by atoms with Crippen molar-refractivity contribution in [3.05, 3.63) is 66.6 Å². The number of hydrogen-bond donors (Lipinski definition) is 2. The van der Waals surface area contributed by atoms with E-state index in [2.05, 4.69) is 30.2 Å². The minimum atomic E-state index is -4.77. The zero-order valence-corrected chi connectivity index (χ0v) is 17.8. The molecule has 1 saturated heterocycles. The van der Waals surface area contributed by atoms with Crippen LogP contribution in [0.5, 0.6) is 5.75 Å². The first-order chi connectivity index (χ1) is 15.8. The van der Waals surface area contributed by atoms with E-state index < -0.39 is 12.3 Å². The third-order valence-electron chi connectivity index (χ3n) is 5.34. The Labute approximate surface area is 188 Å².